The molecule has 0 aromatic heterocycles. The van der Waals surface area contributed by atoms with Gasteiger partial charge in [0.25, 0.3) is 0 Å². The average Bonchev–Trinajstić information content (AvgIpc) is 2.37. The summed E-state index contributed by atoms with van der Waals surface area (Å²) in [7, 11) is 0. The first-order chi connectivity index (χ1) is 9.43. The predicted octanol–water partition coefficient (Wildman–Crippen LogP) is 1.98. The molecule has 20 heavy (non-hydrogen) atoms. The van der Waals surface area contributed by atoms with Crippen molar-refractivity contribution in [1.29, 1.82) is 5.41 Å². The summed E-state index contributed by atoms with van der Waals surface area (Å²) in [5.74, 6) is 0.0926. The molecule has 0 spiro atoms. The van der Waals surface area contributed by atoms with Crippen LogP contribution in [0.2, 0.25) is 5.02 Å². The van der Waals surface area contributed by atoms with Crippen molar-refractivity contribution in [3.05, 3.63) is 22.7 Å². The summed E-state index contributed by atoms with van der Waals surface area (Å²) in [5, 5.41) is 8.09. The minimum Gasteiger partial charge on any atom is -0.398 e. The van der Waals surface area contributed by atoms with Gasteiger partial charge in [0.1, 0.15) is 0 Å². The number of rotatable bonds is 2. The van der Waals surface area contributed by atoms with Gasteiger partial charge in [-0.05, 0) is 19.1 Å². The Morgan fingerprint density at radius 2 is 2.20 bits per heavy atom. The molecule has 1 saturated heterocycles. The van der Waals surface area contributed by atoms with Crippen molar-refractivity contribution in [2.45, 2.75) is 19.9 Å². The number of nitrogens with two attached hydrogens (primary N) is 1. The number of benzene rings is 1. The molecule has 0 saturated carbocycles. The fraction of sp³-hybridized carbons (Fsp3) is 0.429. The molecule has 0 bridgehead atoms. The molecule has 1 heterocycles. The van der Waals surface area contributed by atoms with E-state index in [-0.39, 0.29) is 11.9 Å². The number of nitrogen functional groups attached to an aromatic ring is 1. The Balaban J connectivity index is 2.30. The van der Waals surface area contributed by atoms with Gasteiger partial charge < -0.3 is 20.9 Å². The largest absolute Gasteiger partial charge is 0.398 e. The summed E-state index contributed by atoms with van der Waals surface area (Å²) in [5.41, 5.74) is 7.97. The van der Waals surface area contributed by atoms with Crippen LogP contribution in [0.3, 0.4) is 0 Å². The first-order valence-corrected chi connectivity index (χ1v) is 6.93. The maximum Gasteiger partial charge on any atom is 0.219 e. The number of anilines is 2. The third-order valence-corrected chi connectivity index (χ3v) is 3.89. The van der Waals surface area contributed by atoms with Crippen LogP contribution in [-0.2, 0) is 4.79 Å². The fourth-order valence-electron chi connectivity index (χ4n) is 2.69. The Labute approximate surface area is 123 Å². The number of nitrogens with zero attached hydrogens (tertiary/aromatic N) is 2. The zero-order valence-electron chi connectivity index (χ0n) is 11.7. The first kappa shape index (κ1) is 14.7. The molecule has 0 aliphatic carbocycles. The number of piperazine rings is 1. The van der Waals surface area contributed by atoms with Crippen LogP contribution in [-0.4, -0.2) is 42.7 Å². The fourth-order valence-corrected chi connectivity index (χ4v) is 2.91. The van der Waals surface area contributed by atoms with E-state index >= 15 is 0 Å². The summed E-state index contributed by atoms with van der Waals surface area (Å²) >= 11 is 6.07. The molecule has 2 rings (SSSR count). The molecule has 1 aromatic rings. The van der Waals surface area contributed by atoms with Crippen LogP contribution in [0.5, 0.6) is 0 Å². The predicted molar refractivity (Wildman–Crippen MR) is 82.8 cm³/mol. The molecule has 6 heteroatoms. The number of amides is 1. The van der Waals surface area contributed by atoms with Crippen molar-refractivity contribution >= 4 is 35.1 Å². The lowest BCUT2D eigenvalue weighted by Gasteiger charge is -2.41. The standard InChI is InChI=1S/C14H19ClN4O/c1-9-8-18(3-4-19(9)10(2)20)14-6-11(15)5-13(17)12(14)7-16/h5-7,9,16H,3-4,8,17H2,1-2H3/t9-/m1/s1. The summed E-state index contributed by atoms with van der Waals surface area (Å²) in [4.78, 5) is 15.5. The molecule has 0 unspecified atom stereocenters. The highest BCUT2D eigenvalue weighted by Gasteiger charge is 2.26. The van der Waals surface area contributed by atoms with Crippen LogP contribution in [0.1, 0.15) is 19.4 Å². The average molecular weight is 295 g/mol. The molecule has 1 aliphatic heterocycles. The van der Waals surface area contributed by atoms with Gasteiger partial charge in [0.05, 0.1) is 0 Å². The molecule has 0 radical (unpaired) electrons. The second-order valence-corrected chi connectivity index (χ2v) is 5.52. The normalized spacial score (nSPS) is 19.1. The van der Waals surface area contributed by atoms with E-state index in [1.165, 1.54) is 6.21 Å². The first-order valence-electron chi connectivity index (χ1n) is 6.55. The minimum absolute atomic E-state index is 0.0926. The monoisotopic (exact) mass is 294 g/mol. The van der Waals surface area contributed by atoms with E-state index in [9.17, 15) is 4.79 Å². The highest BCUT2D eigenvalue weighted by atomic mass is 35.5. The molecule has 1 atom stereocenters. The molecular weight excluding hydrogens is 276 g/mol. The van der Waals surface area contributed by atoms with Gasteiger partial charge in [0.15, 0.2) is 0 Å². The van der Waals surface area contributed by atoms with E-state index in [0.717, 1.165) is 5.69 Å². The Morgan fingerprint density at radius 1 is 1.50 bits per heavy atom. The smallest absolute Gasteiger partial charge is 0.219 e. The third kappa shape index (κ3) is 2.72. The number of hydrogen-bond donors (Lipinski definition) is 2. The van der Waals surface area contributed by atoms with Gasteiger partial charge in [-0.3, -0.25) is 4.79 Å². The lowest BCUT2D eigenvalue weighted by atomic mass is 10.1. The Morgan fingerprint density at radius 3 is 2.75 bits per heavy atom. The quantitative estimate of drug-likeness (QED) is 0.647. The second kappa shape index (κ2) is 5.71. The molecule has 5 nitrogen and oxygen atoms in total. The van der Waals surface area contributed by atoms with E-state index in [0.29, 0.717) is 35.9 Å². The van der Waals surface area contributed by atoms with Gasteiger partial charge >= 0.3 is 0 Å². The van der Waals surface area contributed by atoms with Crippen molar-refractivity contribution in [3.63, 3.8) is 0 Å². The van der Waals surface area contributed by atoms with E-state index in [1.807, 2.05) is 17.9 Å². The molecular formula is C14H19ClN4O. The van der Waals surface area contributed by atoms with Gasteiger partial charge in [-0.1, -0.05) is 11.6 Å². The van der Waals surface area contributed by atoms with E-state index in [4.69, 9.17) is 22.7 Å². The van der Waals surface area contributed by atoms with Crippen LogP contribution < -0.4 is 10.6 Å². The lowest BCUT2D eigenvalue weighted by molar-refractivity contribution is -0.131. The SMILES string of the molecule is CC(=O)N1CCN(c2cc(Cl)cc(N)c2C=N)C[C@H]1C. The third-order valence-electron chi connectivity index (χ3n) is 3.67. The highest BCUT2D eigenvalue weighted by Crippen LogP contribution is 2.30. The zero-order chi connectivity index (χ0) is 14.9. The van der Waals surface area contributed by atoms with Crippen molar-refractivity contribution < 1.29 is 4.79 Å². The summed E-state index contributed by atoms with van der Waals surface area (Å²) in [6.07, 6.45) is 1.25. The molecule has 3 N–H and O–H groups in total. The summed E-state index contributed by atoms with van der Waals surface area (Å²) in [6, 6.07) is 3.61. The lowest BCUT2D eigenvalue weighted by Crippen LogP contribution is -2.53. The number of nitrogens with one attached hydrogen (secondary N) is 1. The van der Waals surface area contributed by atoms with Crippen molar-refractivity contribution in [3.8, 4) is 0 Å². The van der Waals surface area contributed by atoms with Gasteiger partial charge in [-0.25, -0.2) is 0 Å². The van der Waals surface area contributed by atoms with Crippen molar-refractivity contribution in [2.24, 2.45) is 0 Å². The number of hydrogen-bond acceptors (Lipinski definition) is 4. The second-order valence-electron chi connectivity index (χ2n) is 5.08. The molecule has 1 aliphatic rings. The number of carbonyl (C=O) groups excluding carboxylic acids is 1. The molecule has 1 aromatic carbocycles. The topological polar surface area (TPSA) is 73.4 Å². The van der Waals surface area contributed by atoms with Gasteiger partial charge in [-0.15, -0.1) is 0 Å². The Hall–Kier alpha value is -1.75. The molecule has 108 valence electrons. The number of halogens is 1. The Bertz CT molecular complexity index is 546. The molecule has 1 fully saturated rings. The number of carbonyl (C=O) groups is 1. The van der Waals surface area contributed by atoms with Gasteiger partial charge in [0, 0.05) is 60.8 Å². The van der Waals surface area contributed by atoms with Crippen LogP contribution in [0, 0.1) is 5.41 Å². The van der Waals surface area contributed by atoms with Crippen LogP contribution in [0.15, 0.2) is 12.1 Å². The van der Waals surface area contributed by atoms with E-state index in [2.05, 4.69) is 4.90 Å². The maximum absolute atomic E-state index is 11.5. The van der Waals surface area contributed by atoms with Crippen LogP contribution in [0.4, 0.5) is 11.4 Å². The van der Waals surface area contributed by atoms with Crippen molar-refractivity contribution in [1.82, 2.24) is 4.90 Å². The van der Waals surface area contributed by atoms with Crippen LogP contribution in [0.25, 0.3) is 0 Å². The Kier molecular flexibility index (Phi) is 4.18. The minimum atomic E-state index is 0.0926. The molecule has 1 amide bonds. The van der Waals surface area contributed by atoms with E-state index in [1.54, 1.807) is 13.0 Å². The zero-order valence-corrected chi connectivity index (χ0v) is 12.4. The van der Waals surface area contributed by atoms with E-state index < -0.39 is 0 Å². The maximum atomic E-state index is 11.5. The van der Waals surface area contributed by atoms with Crippen molar-refractivity contribution in [2.75, 3.05) is 30.3 Å². The summed E-state index contributed by atoms with van der Waals surface area (Å²) in [6.45, 7) is 5.70. The van der Waals surface area contributed by atoms with Crippen LogP contribution >= 0.6 is 11.6 Å². The van der Waals surface area contributed by atoms with Gasteiger partial charge in [-0.2, -0.15) is 0 Å². The highest BCUT2D eigenvalue weighted by molar-refractivity contribution is 6.31. The summed E-state index contributed by atoms with van der Waals surface area (Å²) < 4.78 is 0. The van der Waals surface area contributed by atoms with Gasteiger partial charge in [0.2, 0.25) is 5.91 Å².